The van der Waals surface area contributed by atoms with Gasteiger partial charge in [-0.15, -0.1) is 0 Å². The lowest BCUT2D eigenvalue weighted by atomic mass is 10.0. The third-order valence-electron chi connectivity index (χ3n) is 5.20. The Balaban J connectivity index is 0.000000286. The Morgan fingerprint density at radius 1 is 1.06 bits per heavy atom. The number of aryl methyl sites for hydroxylation is 2. The fraction of sp³-hybridized carbons (Fsp3) is 0.360. The largest absolute Gasteiger partial charge is 0.383 e. The molecule has 1 saturated heterocycles. The molecule has 2 heterocycles. The SMILES string of the molecule is CC.Cc1ccc(Cl)cc1.Cc1cccc2c(N3CCC(N)CC3)c(C#N)c(N)nc12. The molecule has 2 aromatic carbocycles. The molecule has 31 heavy (non-hydrogen) atoms. The molecular formula is C25H32ClN5. The van der Waals surface area contributed by atoms with E-state index >= 15 is 0 Å². The molecule has 1 aromatic heterocycles. The van der Waals surface area contributed by atoms with Crippen LogP contribution < -0.4 is 16.4 Å². The van der Waals surface area contributed by atoms with Gasteiger partial charge in [-0.05, 0) is 44.4 Å². The smallest absolute Gasteiger partial charge is 0.144 e. The van der Waals surface area contributed by atoms with Crippen LogP contribution in [0.1, 0.15) is 43.4 Å². The number of aromatic nitrogens is 1. The van der Waals surface area contributed by atoms with Gasteiger partial charge in [0.15, 0.2) is 0 Å². The first-order valence-corrected chi connectivity index (χ1v) is 11.1. The second kappa shape index (κ2) is 11.5. The topological polar surface area (TPSA) is 92.0 Å². The van der Waals surface area contributed by atoms with E-state index in [4.69, 9.17) is 23.1 Å². The van der Waals surface area contributed by atoms with Crippen LogP contribution in [0.2, 0.25) is 5.02 Å². The molecule has 0 saturated carbocycles. The van der Waals surface area contributed by atoms with Crippen molar-refractivity contribution >= 4 is 34.0 Å². The average Bonchev–Trinajstić information content (AvgIpc) is 2.78. The van der Waals surface area contributed by atoms with E-state index in [1.165, 1.54) is 5.56 Å². The standard InChI is InChI=1S/C16H19N5.C7H7Cl.C2H6/c1-10-3-2-4-12-14(10)20-16(19)13(9-17)15(12)21-7-5-11(18)6-8-21;1-6-2-4-7(8)5-3-6;1-2/h2-4,11H,5-8,18H2,1H3,(H2,19,20);2-5H,1H3;1-2H3. The van der Waals surface area contributed by atoms with Gasteiger partial charge in [0.25, 0.3) is 0 Å². The second-order valence-corrected chi connectivity index (χ2v) is 7.86. The normalized spacial score (nSPS) is 13.5. The molecular weight excluding hydrogens is 406 g/mol. The summed E-state index contributed by atoms with van der Waals surface area (Å²) in [6.45, 7) is 9.75. The Labute approximate surface area is 190 Å². The summed E-state index contributed by atoms with van der Waals surface area (Å²) < 4.78 is 0. The van der Waals surface area contributed by atoms with Crippen molar-refractivity contribution in [2.45, 2.75) is 46.6 Å². The van der Waals surface area contributed by atoms with Gasteiger partial charge in [-0.3, -0.25) is 0 Å². The maximum absolute atomic E-state index is 9.49. The highest BCUT2D eigenvalue weighted by Crippen LogP contribution is 2.35. The number of para-hydroxylation sites is 1. The number of nitrogen functional groups attached to an aromatic ring is 1. The number of halogens is 1. The van der Waals surface area contributed by atoms with Gasteiger partial charge in [0.05, 0.1) is 11.2 Å². The van der Waals surface area contributed by atoms with Gasteiger partial charge in [-0.1, -0.05) is 61.3 Å². The van der Waals surface area contributed by atoms with Crippen LogP contribution in [0.3, 0.4) is 0 Å². The van der Waals surface area contributed by atoms with Crippen LogP contribution in [0.5, 0.6) is 0 Å². The number of nitrogens with two attached hydrogens (primary N) is 2. The molecule has 0 amide bonds. The molecule has 0 radical (unpaired) electrons. The lowest BCUT2D eigenvalue weighted by molar-refractivity contribution is 0.502. The van der Waals surface area contributed by atoms with Crippen LogP contribution >= 0.6 is 11.6 Å². The Kier molecular flexibility index (Phi) is 9.11. The van der Waals surface area contributed by atoms with Crippen molar-refractivity contribution in [3.05, 3.63) is 64.2 Å². The summed E-state index contributed by atoms with van der Waals surface area (Å²) >= 11 is 5.61. The van der Waals surface area contributed by atoms with Crippen LogP contribution in [0, 0.1) is 25.2 Å². The van der Waals surface area contributed by atoms with Crippen LogP contribution in [0.4, 0.5) is 11.5 Å². The van der Waals surface area contributed by atoms with Crippen molar-refractivity contribution in [1.29, 1.82) is 5.26 Å². The molecule has 1 aliphatic rings. The minimum atomic E-state index is 0.249. The molecule has 164 valence electrons. The predicted molar refractivity (Wildman–Crippen MR) is 133 cm³/mol. The zero-order chi connectivity index (χ0) is 23.0. The first kappa shape index (κ1) is 24.5. The number of nitrogens with zero attached hydrogens (tertiary/aromatic N) is 3. The number of anilines is 2. The number of rotatable bonds is 1. The summed E-state index contributed by atoms with van der Waals surface area (Å²) in [5.41, 5.74) is 16.6. The molecule has 0 unspecified atom stereocenters. The molecule has 4 rings (SSSR count). The number of hydrogen-bond acceptors (Lipinski definition) is 5. The number of hydrogen-bond donors (Lipinski definition) is 2. The average molecular weight is 438 g/mol. The minimum Gasteiger partial charge on any atom is -0.383 e. The summed E-state index contributed by atoms with van der Waals surface area (Å²) in [4.78, 5) is 6.64. The molecule has 6 heteroatoms. The molecule has 0 spiro atoms. The van der Waals surface area contributed by atoms with Gasteiger partial charge in [0, 0.05) is 29.5 Å². The molecule has 4 N–H and O–H groups in total. The highest BCUT2D eigenvalue weighted by atomic mass is 35.5. The summed E-state index contributed by atoms with van der Waals surface area (Å²) in [6.07, 6.45) is 1.86. The summed E-state index contributed by atoms with van der Waals surface area (Å²) in [5, 5.41) is 11.3. The number of nitriles is 1. The lowest BCUT2D eigenvalue weighted by Crippen LogP contribution is -2.40. The third kappa shape index (κ3) is 6.10. The Morgan fingerprint density at radius 2 is 1.68 bits per heavy atom. The van der Waals surface area contributed by atoms with Crippen LogP contribution in [-0.2, 0) is 0 Å². The Hall–Kier alpha value is -2.81. The predicted octanol–water partition coefficient (Wildman–Crippen LogP) is 5.60. The fourth-order valence-electron chi connectivity index (χ4n) is 3.53. The van der Waals surface area contributed by atoms with Crippen LogP contribution in [-0.4, -0.2) is 24.1 Å². The Bertz CT molecular complexity index is 1010. The lowest BCUT2D eigenvalue weighted by Gasteiger charge is -2.33. The van der Waals surface area contributed by atoms with Crippen molar-refractivity contribution in [3.63, 3.8) is 0 Å². The monoisotopic (exact) mass is 437 g/mol. The van der Waals surface area contributed by atoms with Crippen molar-refractivity contribution in [2.75, 3.05) is 23.7 Å². The molecule has 0 bridgehead atoms. The number of pyridine rings is 1. The quantitative estimate of drug-likeness (QED) is 0.516. The zero-order valence-electron chi connectivity index (χ0n) is 18.8. The van der Waals surface area contributed by atoms with Gasteiger partial charge in [0.2, 0.25) is 0 Å². The van der Waals surface area contributed by atoms with E-state index < -0.39 is 0 Å². The van der Waals surface area contributed by atoms with Gasteiger partial charge >= 0.3 is 0 Å². The Morgan fingerprint density at radius 3 is 2.23 bits per heavy atom. The minimum absolute atomic E-state index is 0.249. The van der Waals surface area contributed by atoms with E-state index in [1.807, 2.05) is 70.2 Å². The molecule has 5 nitrogen and oxygen atoms in total. The number of fused-ring (bicyclic) bond motifs is 1. The van der Waals surface area contributed by atoms with E-state index in [2.05, 4.69) is 16.0 Å². The molecule has 1 aliphatic heterocycles. The van der Waals surface area contributed by atoms with Gasteiger partial charge in [0.1, 0.15) is 17.5 Å². The number of benzene rings is 2. The first-order chi connectivity index (χ1) is 14.9. The fourth-order valence-corrected chi connectivity index (χ4v) is 3.65. The molecule has 3 aromatic rings. The van der Waals surface area contributed by atoms with Gasteiger partial charge in [-0.2, -0.15) is 5.26 Å². The molecule has 0 aliphatic carbocycles. The van der Waals surface area contributed by atoms with Crippen molar-refractivity contribution in [3.8, 4) is 6.07 Å². The summed E-state index contributed by atoms with van der Waals surface area (Å²) in [5.74, 6) is 0.309. The van der Waals surface area contributed by atoms with E-state index in [0.29, 0.717) is 11.4 Å². The van der Waals surface area contributed by atoms with E-state index in [9.17, 15) is 5.26 Å². The third-order valence-corrected chi connectivity index (χ3v) is 5.45. The second-order valence-electron chi connectivity index (χ2n) is 7.42. The molecule has 1 fully saturated rings. The summed E-state index contributed by atoms with van der Waals surface area (Å²) in [7, 11) is 0. The van der Waals surface area contributed by atoms with Crippen LogP contribution in [0.25, 0.3) is 10.9 Å². The van der Waals surface area contributed by atoms with E-state index in [-0.39, 0.29) is 6.04 Å². The highest BCUT2D eigenvalue weighted by Gasteiger charge is 2.23. The number of piperidine rings is 1. The first-order valence-electron chi connectivity index (χ1n) is 10.7. The van der Waals surface area contributed by atoms with Crippen LogP contribution in [0.15, 0.2) is 42.5 Å². The van der Waals surface area contributed by atoms with Gasteiger partial charge in [-0.25, -0.2) is 4.98 Å². The van der Waals surface area contributed by atoms with Crippen molar-refractivity contribution in [2.24, 2.45) is 5.73 Å². The maximum Gasteiger partial charge on any atom is 0.144 e. The zero-order valence-corrected chi connectivity index (χ0v) is 19.6. The summed E-state index contributed by atoms with van der Waals surface area (Å²) in [6, 6.07) is 16.2. The maximum atomic E-state index is 9.49. The highest BCUT2D eigenvalue weighted by molar-refractivity contribution is 6.30. The van der Waals surface area contributed by atoms with Gasteiger partial charge < -0.3 is 16.4 Å². The van der Waals surface area contributed by atoms with E-state index in [0.717, 1.165) is 53.1 Å². The van der Waals surface area contributed by atoms with Crippen molar-refractivity contribution in [1.82, 2.24) is 4.98 Å². The van der Waals surface area contributed by atoms with E-state index in [1.54, 1.807) is 0 Å². The molecule has 0 atom stereocenters. The van der Waals surface area contributed by atoms with Crippen molar-refractivity contribution < 1.29 is 0 Å².